The topological polar surface area (TPSA) is 37.6 Å². The van der Waals surface area contributed by atoms with Crippen LogP contribution in [0.1, 0.15) is 84.5 Å². The fraction of sp³-hybridized carbons (Fsp3) is 0.760. The first-order chi connectivity index (χ1) is 13.6. The molecule has 0 N–H and O–H groups in total. The molecule has 3 heteroatoms. The van der Waals surface area contributed by atoms with E-state index in [4.69, 9.17) is 14.2 Å². The van der Waals surface area contributed by atoms with Crippen LogP contribution in [0, 0.1) is 0 Å². The maximum Gasteiger partial charge on any atom is 0.107 e. The molecule has 3 nitrogen and oxygen atoms in total. The first-order valence-corrected chi connectivity index (χ1v) is 11.4. The van der Waals surface area contributed by atoms with Crippen molar-refractivity contribution in [3.8, 4) is 0 Å². The van der Waals surface area contributed by atoms with Crippen molar-refractivity contribution in [2.75, 3.05) is 19.8 Å². The van der Waals surface area contributed by atoms with Crippen LogP contribution >= 0.6 is 0 Å². The zero-order chi connectivity index (χ0) is 20.5. The van der Waals surface area contributed by atoms with E-state index >= 15 is 0 Å². The van der Waals surface area contributed by atoms with E-state index in [0.29, 0.717) is 12.2 Å². The number of hydrogen-bond acceptors (Lipinski definition) is 3. The Morgan fingerprint density at radius 2 is 1.39 bits per heavy atom. The summed E-state index contributed by atoms with van der Waals surface area (Å²) in [6.07, 6.45) is 23.9. The number of hydrogen-bond donors (Lipinski definition) is 0. The number of ether oxygens (including phenoxy) is 3. The van der Waals surface area contributed by atoms with Crippen LogP contribution in [-0.4, -0.2) is 37.6 Å². The van der Waals surface area contributed by atoms with E-state index in [9.17, 15) is 0 Å². The van der Waals surface area contributed by atoms with E-state index in [1.165, 1.54) is 64.2 Å². The summed E-state index contributed by atoms with van der Waals surface area (Å²) in [5, 5.41) is 0. The molecule has 3 aliphatic rings. The fourth-order valence-electron chi connectivity index (χ4n) is 2.63. The van der Waals surface area contributed by atoms with Crippen molar-refractivity contribution in [2.24, 2.45) is 0 Å². The molecular formula is C25H44O3. The summed E-state index contributed by atoms with van der Waals surface area (Å²) in [5.74, 6) is 0. The van der Waals surface area contributed by atoms with Crippen LogP contribution < -0.4 is 0 Å². The van der Waals surface area contributed by atoms with Crippen molar-refractivity contribution in [2.45, 2.75) is 102 Å². The second kappa shape index (κ2) is 16.0. The van der Waals surface area contributed by atoms with Gasteiger partial charge < -0.3 is 14.2 Å². The van der Waals surface area contributed by atoms with Gasteiger partial charge in [0.2, 0.25) is 0 Å². The van der Waals surface area contributed by atoms with Gasteiger partial charge in [0.1, 0.15) is 5.60 Å². The summed E-state index contributed by atoms with van der Waals surface area (Å²) < 4.78 is 15.1. The van der Waals surface area contributed by atoms with Crippen LogP contribution in [0.15, 0.2) is 37.5 Å². The molecule has 3 atom stereocenters. The van der Waals surface area contributed by atoms with Crippen molar-refractivity contribution in [3.63, 3.8) is 0 Å². The monoisotopic (exact) mass is 392 g/mol. The highest BCUT2D eigenvalue weighted by Gasteiger charge is 2.34. The van der Waals surface area contributed by atoms with Gasteiger partial charge in [-0.05, 0) is 51.9 Å². The number of epoxide rings is 3. The van der Waals surface area contributed by atoms with Crippen LogP contribution in [0.2, 0.25) is 0 Å². The van der Waals surface area contributed by atoms with Gasteiger partial charge in [0, 0.05) is 0 Å². The molecule has 0 aromatic carbocycles. The molecule has 3 fully saturated rings. The predicted molar refractivity (Wildman–Crippen MR) is 120 cm³/mol. The molecular weight excluding hydrogens is 348 g/mol. The third kappa shape index (κ3) is 17.2. The standard InChI is InChI=1S/C12H22O.C8H14O.C5H8O/c1-2-3-4-5-6-7-8-9-10-12-11-13-12;1-2-3-4-5-6-8-7-9-8;1-3-5(2)4-6-5/h3-4,12H,2,5-11H2,1H3;2,8H,1,3-7H2;3H,1,4H2,2H3. The minimum Gasteiger partial charge on any atom is -0.373 e. The average molecular weight is 393 g/mol. The minimum absolute atomic E-state index is 0.0556. The molecule has 0 bridgehead atoms. The van der Waals surface area contributed by atoms with Crippen LogP contribution in [0.4, 0.5) is 0 Å². The van der Waals surface area contributed by atoms with E-state index in [2.05, 4.69) is 32.2 Å². The van der Waals surface area contributed by atoms with Crippen LogP contribution in [0.5, 0.6) is 0 Å². The molecule has 3 unspecified atom stereocenters. The van der Waals surface area contributed by atoms with Gasteiger partial charge in [0.15, 0.2) is 0 Å². The van der Waals surface area contributed by atoms with Gasteiger partial charge in [0.25, 0.3) is 0 Å². The van der Waals surface area contributed by atoms with Crippen molar-refractivity contribution < 1.29 is 14.2 Å². The molecule has 3 aliphatic heterocycles. The molecule has 3 heterocycles. The molecule has 0 saturated carbocycles. The van der Waals surface area contributed by atoms with E-state index in [1.807, 2.05) is 19.1 Å². The largest absolute Gasteiger partial charge is 0.373 e. The third-order valence-electron chi connectivity index (χ3n) is 5.07. The van der Waals surface area contributed by atoms with Gasteiger partial charge in [-0.1, -0.05) is 56.9 Å². The molecule has 3 saturated heterocycles. The summed E-state index contributed by atoms with van der Waals surface area (Å²) >= 11 is 0. The summed E-state index contributed by atoms with van der Waals surface area (Å²) in [5.41, 5.74) is 0.0556. The maximum absolute atomic E-state index is 5.16. The highest BCUT2D eigenvalue weighted by molar-refractivity contribution is 5.02. The third-order valence-corrected chi connectivity index (χ3v) is 5.07. The maximum atomic E-state index is 5.16. The zero-order valence-corrected chi connectivity index (χ0v) is 18.5. The van der Waals surface area contributed by atoms with Crippen LogP contribution in [0.3, 0.4) is 0 Å². The van der Waals surface area contributed by atoms with Crippen molar-refractivity contribution in [1.29, 1.82) is 0 Å². The van der Waals surface area contributed by atoms with E-state index < -0.39 is 0 Å². The highest BCUT2D eigenvalue weighted by atomic mass is 16.6. The summed E-state index contributed by atoms with van der Waals surface area (Å²) in [4.78, 5) is 0. The van der Waals surface area contributed by atoms with E-state index in [0.717, 1.165) is 26.2 Å². The molecule has 3 rings (SSSR count). The van der Waals surface area contributed by atoms with Crippen molar-refractivity contribution >= 4 is 0 Å². The Kier molecular flexibility index (Phi) is 14.3. The lowest BCUT2D eigenvalue weighted by Crippen LogP contribution is -1.94. The second-order valence-corrected chi connectivity index (χ2v) is 8.16. The van der Waals surface area contributed by atoms with Gasteiger partial charge in [-0.15, -0.1) is 13.2 Å². The lowest BCUT2D eigenvalue weighted by Gasteiger charge is -1.97. The lowest BCUT2D eigenvalue weighted by molar-refractivity contribution is 0.370. The Morgan fingerprint density at radius 3 is 1.82 bits per heavy atom. The lowest BCUT2D eigenvalue weighted by atomic mass is 10.1. The molecule has 28 heavy (non-hydrogen) atoms. The number of unbranched alkanes of at least 4 members (excludes halogenated alkanes) is 6. The van der Waals surface area contributed by atoms with Crippen molar-refractivity contribution in [3.05, 3.63) is 37.5 Å². The Morgan fingerprint density at radius 1 is 0.857 bits per heavy atom. The summed E-state index contributed by atoms with van der Waals surface area (Å²) in [7, 11) is 0. The Bertz CT molecular complexity index is 418. The molecule has 0 aromatic heterocycles. The highest BCUT2D eigenvalue weighted by Crippen LogP contribution is 2.25. The molecule has 0 amide bonds. The Balaban J connectivity index is 0.000000226. The van der Waals surface area contributed by atoms with Crippen LogP contribution in [0.25, 0.3) is 0 Å². The average Bonchev–Trinajstić information content (AvgIpc) is 3.53. The van der Waals surface area contributed by atoms with Crippen molar-refractivity contribution in [1.82, 2.24) is 0 Å². The van der Waals surface area contributed by atoms with E-state index in [1.54, 1.807) is 0 Å². The predicted octanol–water partition coefficient (Wildman–Crippen LogP) is 6.78. The molecule has 162 valence electrons. The quantitative estimate of drug-likeness (QED) is 0.186. The zero-order valence-electron chi connectivity index (χ0n) is 18.5. The van der Waals surface area contributed by atoms with Gasteiger partial charge in [-0.3, -0.25) is 0 Å². The smallest absolute Gasteiger partial charge is 0.107 e. The fourth-order valence-corrected chi connectivity index (χ4v) is 2.63. The molecule has 0 radical (unpaired) electrons. The Labute approximate surface area is 174 Å². The normalized spacial score (nSPS) is 26.5. The minimum atomic E-state index is 0.0556. The first-order valence-electron chi connectivity index (χ1n) is 11.4. The van der Waals surface area contributed by atoms with Gasteiger partial charge in [-0.2, -0.15) is 0 Å². The van der Waals surface area contributed by atoms with Gasteiger partial charge in [0.05, 0.1) is 32.0 Å². The van der Waals surface area contributed by atoms with Crippen LogP contribution in [-0.2, 0) is 14.2 Å². The summed E-state index contributed by atoms with van der Waals surface area (Å²) in [6, 6.07) is 0. The molecule has 0 aromatic rings. The molecule has 0 aliphatic carbocycles. The number of rotatable bonds is 14. The summed E-state index contributed by atoms with van der Waals surface area (Å²) in [6.45, 7) is 14.3. The SMILES string of the molecule is C=CC1(C)CO1.C=CCCCCC1CO1.CCC=CCCCCCCC1CO1. The van der Waals surface area contributed by atoms with Gasteiger partial charge in [-0.25, -0.2) is 0 Å². The second-order valence-electron chi connectivity index (χ2n) is 8.16. The molecule has 0 spiro atoms. The first kappa shape index (κ1) is 25.1. The van der Waals surface area contributed by atoms with Gasteiger partial charge >= 0.3 is 0 Å². The van der Waals surface area contributed by atoms with E-state index in [-0.39, 0.29) is 5.60 Å². The number of allylic oxidation sites excluding steroid dienone is 3. The Hall–Kier alpha value is -0.900.